The van der Waals surface area contributed by atoms with Crippen LogP contribution in [-0.2, 0) is 0 Å². The highest BCUT2D eigenvalue weighted by Gasteiger charge is 2.26. The van der Waals surface area contributed by atoms with Crippen molar-refractivity contribution < 1.29 is 4.79 Å². The van der Waals surface area contributed by atoms with Crippen molar-refractivity contribution in [2.45, 2.75) is 52.4 Å². The van der Waals surface area contributed by atoms with E-state index < -0.39 is 0 Å². The smallest absolute Gasteiger partial charge is 0.256 e. The Labute approximate surface area is 222 Å². The van der Waals surface area contributed by atoms with E-state index in [0.29, 0.717) is 11.8 Å². The maximum Gasteiger partial charge on any atom is 0.256 e. The quantitative estimate of drug-likeness (QED) is 0.354. The molecule has 3 aromatic rings. The minimum absolute atomic E-state index is 0.0631. The van der Waals surface area contributed by atoms with Gasteiger partial charge in [-0.3, -0.25) is 9.69 Å². The maximum atomic E-state index is 13.5. The second-order valence-electron chi connectivity index (χ2n) is 11.4. The normalized spacial score (nSPS) is 16.4. The van der Waals surface area contributed by atoms with Gasteiger partial charge in [0.25, 0.3) is 5.91 Å². The third kappa shape index (κ3) is 6.07. The number of rotatable bonds is 8. The van der Waals surface area contributed by atoms with Crippen LogP contribution in [0.2, 0.25) is 0 Å². The van der Waals surface area contributed by atoms with Gasteiger partial charge in [0.05, 0.1) is 0 Å². The van der Waals surface area contributed by atoms with Gasteiger partial charge in [-0.2, -0.15) is 0 Å². The van der Waals surface area contributed by atoms with Crippen LogP contribution in [0.5, 0.6) is 0 Å². The van der Waals surface area contributed by atoms with Crippen molar-refractivity contribution in [2.24, 2.45) is 5.92 Å². The van der Waals surface area contributed by atoms with Crippen molar-refractivity contribution in [1.29, 1.82) is 0 Å². The number of nitrogens with zero attached hydrogens (tertiary/aromatic N) is 2. The molecular formula is C33H41N3O. The summed E-state index contributed by atoms with van der Waals surface area (Å²) in [6, 6.07) is 23.1. The summed E-state index contributed by atoms with van der Waals surface area (Å²) in [7, 11) is 0. The van der Waals surface area contributed by atoms with E-state index in [1.807, 2.05) is 24.3 Å². The third-order valence-corrected chi connectivity index (χ3v) is 7.91. The summed E-state index contributed by atoms with van der Waals surface area (Å²) in [5, 5.41) is 3.16. The van der Waals surface area contributed by atoms with Crippen molar-refractivity contribution in [1.82, 2.24) is 4.90 Å². The lowest BCUT2D eigenvalue weighted by molar-refractivity contribution is 0.102. The highest BCUT2D eigenvalue weighted by atomic mass is 16.1. The first kappa shape index (κ1) is 25.5. The van der Waals surface area contributed by atoms with Crippen LogP contribution in [0.3, 0.4) is 0 Å². The number of anilines is 2. The molecule has 37 heavy (non-hydrogen) atoms. The lowest BCUT2D eigenvalue weighted by Crippen LogP contribution is -2.47. The number of benzene rings is 3. The van der Waals surface area contributed by atoms with E-state index >= 15 is 0 Å². The van der Waals surface area contributed by atoms with Gasteiger partial charge in [-0.25, -0.2) is 0 Å². The van der Waals surface area contributed by atoms with E-state index in [2.05, 4.69) is 85.3 Å². The average Bonchev–Trinajstić information content (AvgIpc) is 3.73. The summed E-state index contributed by atoms with van der Waals surface area (Å²) in [5.41, 5.74) is 7.41. The molecule has 2 aliphatic rings. The Bertz CT molecular complexity index is 1200. The fourth-order valence-electron chi connectivity index (χ4n) is 5.41. The molecule has 1 N–H and O–H groups in total. The van der Waals surface area contributed by atoms with Crippen molar-refractivity contribution in [3.05, 3.63) is 83.4 Å². The van der Waals surface area contributed by atoms with E-state index in [1.165, 1.54) is 36.2 Å². The van der Waals surface area contributed by atoms with Gasteiger partial charge in [0, 0.05) is 49.7 Å². The van der Waals surface area contributed by atoms with Crippen LogP contribution in [0.1, 0.15) is 73.9 Å². The fraction of sp³-hybridized carbons (Fsp3) is 0.424. The molecule has 194 valence electrons. The first-order valence-electron chi connectivity index (χ1n) is 14.0. The standard InChI is InChI=1S/C33H41N3O/c1-23(2)26-10-12-27(13-11-26)32-30(24(3)4)6-5-7-31(32)33(37)34-28-14-16-29(17-15-28)36-20-18-35(19-21-36)22-25-8-9-25/h5-7,10-17,23-25H,8-9,18-22H2,1-4H3,(H,34,37). The number of hydrogen-bond acceptors (Lipinski definition) is 3. The van der Waals surface area contributed by atoms with Crippen LogP contribution in [-0.4, -0.2) is 43.5 Å². The third-order valence-electron chi connectivity index (χ3n) is 7.91. The lowest BCUT2D eigenvalue weighted by Gasteiger charge is -2.36. The molecule has 1 aliphatic heterocycles. The molecule has 0 radical (unpaired) electrons. The minimum Gasteiger partial charge on any atom is -0.369 e. The molecule has 1 heterocycles. The summed E-state index contributed by atoms with van der Waals surface area (Å²) in [5.74, 6) is 1.69. The number of carbonyl (C=O) groups is 1. The zero-order valence-electron chi connectivity index (χ0n) is 22.8. The van der Waals surface area contributed by atoms with Gasteiger partial charge < -0.3 is 10.2 Å². The summed E-state index contributed by atoms with van der Waals surface area (Å²) in [6.07, 6.45) is 2.84. The largest absolute Gasteiger partial charge is 0.369 e. The predicted molar refractivity (Wildman–Crippen MR) is 156 cm³/mol. The molecule has 1 saturated heterocycles. The van der Waals surface area contributed by atoms with E-state index in [1.54, 1.807) is 0 Å². The summed E-state index contributed by atoms with van der Waals surface area (Å²) in [6.45, 7) is 14.5. The molecule has 0 aromatic heterocycles. The molecule has 2 fully saturated rings. The Morgan fingerprint density at radius 2 is 1.51 bits per heavy atom. The number of hydrogen-bond donors (Lipinski definition) is 1. The van der Waals surface area contributed by atoms with Crippen LogP contribution in [0, 0.1) is 5.92 Å². The minimum atomic E-state index is -0.0631. The number of carbonyl (C=O) groups excluding carboxylic acids is 1. The zero-order valence-corrected chi connectivity index (χ0v) is 22.8. The van der Waals surface area contributed by atoms with Gasteiger partial charge in [0.2, 0.25) is 0 Å². The molecule has 4 nitrogen and oxygen atoms in total. The summed E-state index contributed by atoms with van der Waals surface area (Å²) >= 11 is 0. The van der Waals surface area contributed by atoms with Crippen LogP contribution >= 0.6 is 0 Å². The van der Waals surface area contributed by atoms with Gasteiger partial charge in [0.1, 0.15) is 0 Å². The first-order chi connectivity index (χ1) is 17.9. The predicted octanol–water partition coefficient (Wildman–Crippen LogP) is 7.38. The van der Waals surface area contributed by atoms with Crippen molar-refractivity contribution in [3.63, 3.8) is 0 Å². The highest BCUT2D eigenvalue weighted by molar-refractivity contribution is 6.09. The van der Waals surface area contributed by atoms with E-state index in [4.69, 9.17) is 0 Å². The van der Waals surface area contributed by atoms with Crippen LogP contribution in [0.4, 0.5) is 11.4 Å². The van der Waals surface area contributed by atoms with Crippen LogP contribution in [0.25, 0.3) is 11.1 Å². The molecule has 3 aromatic carbocycles. The summed E-state index contributed by atoms with van der Waals surface area (Å²) < 4.78 is 0. The Balaban J connectivity index is 1.31. The summed E-state index contributed by atoms with van der Waals surface area (Å²) in [4.78, 5) is 18.6. The SMILES string of the molecule is CC(C)c1ccc(-c2c(C(=O)Nc3ccc(N4CCN(CC5CC5)CC4)cc3)cccc2C(C)C)cc1. The molecule has 4 heteroatoms. The Morgan fingerprint density at radius 3 is 2.11 bits per heavy atom. The van der Waals surface area contributed by atoms with Crippen molar-refractivity contribution >= 4 is 17.3 Å². The van der Waals surface area contributed by atoms with Gasteiger partial charge in [-0.1, -0.05) is 64.1 Å². The second-order valence-corrected chi connectivity index (χ2v) is 11.4. The highest BCUT2D eigenvalue weighted by Crippen LogP contribution is 2.34. The molecular weight excluding hydrogens is 454 g/mol. The molecule has 5 rings (SSSR count). The van der Waals surface area contributed by atoms with E-state index in [0.717, 1.165) is 54.5 Å². The van der Waals surface area contributed by atoms with Crippen molar-refractivity contribution in [3.8, 4) is 11.1 Å². The lowest BCUT2D eigenvalue weighted by atomic mass is 9.87. The molecule has 0 atom stereocenters. The van der Waals surface area contributed by atoms with Gasteiger partial charge in [-0.05, 0) is 83.2 Å². The molecule has 0 unspecified atom stereocenters. The maximum absolute atomic E-state index is 13.5. The number of amides is 1. The van der Waals surface area contributed by atoms with Gasteiger partial charge in [0.15, 0.2) is 0 Å². The Kier molecular flexibility index (Phi) is 7.66. The molecule has 1 aliphatic carbocycles. The molecule has 1 amide bonds. The zero-order chi connectivity index (χ0) is 25.9. The topological polar surface area (TPSA) is 35.6 Å². The Hall–Kier alpha value is -3.11. The van der Waals surface area contributed by atoms with E-state index in [9.17, 15) is 4.79 Å². The second kappa shape index (κ2) is 11.1. The number of nitrogens with one attached hydrogen (secondary N) is 1. The van der Waals surface area contributed by atoms with Crippen LogP contribution in [0.15, 0.2) is 66.7 Å². The monoisotopic (exact) mass is 495 g/mol. The van der Waals surface area contributed by atoms with Crippen LogP contribution < -0.4 is 10.2 Å². The van der Waals surface area contributed by atoms with Gasteiger partial charge >= 0.3 is 0 Å². The first-order valence-corrected chi connectivity index (χ1v) is 14.0. The van der Waals surface area contributed by atoms with Gasteiger partial charge in [-0.15, -0.1) is 0 Å². The molecule has 0 bridgehead atoms. The van der Waals surface area contributed by atoms with Crippen molar-refractivity contribution in [2.75, 3.05) is 42.9 Å². The molecule has 1 saturated carbocycles. The fourth-order valence-corrected chi connectivity index (χ4v) is 5.41. The average molecular weight is 496 g/mol. The Morgan fingerprint density at radius 1 is 0.838 bits per heavy atom. The number of piperazine rings is 1. The molecule has 0 spiro atoms. The van der Waals surface area contributed by atoms with E-state index in [-0.39, 0.29) is 5.91 Å².